The van der Waals surface area contributed by atoms with Crippen molar-refractivity contribution in [1.29, 1.82) is 0 Å². The molecule has 144 valence electrons. The van der Waals surface area contributed by atoms with E-state index in [2.05, 4.69) is 4.74 Å². The molecular formula is C20H22NO6-. The largest absolute Gasteiger partial charge is 0.545 e. The van der Waals surface area contributed by atoms with E-state index >= 15 is 0 Å². The number of rotatable bonds is 8. The molecule has 0 spiro atoms. The molecule has 2 rings (SSSR count). The smallest absolute Gasteiger partial charge is 0.258 e. The third-order valence-electron chi connectivity index (χ3n) is 3.86. The third-order valence-corrected chi connectivity index (χ3v) is 3.86. The minimum atomic E-state index is -1.63. The predicted molar refractivity (Wildman–Crippen MR) is 98.1 cm³/mol. The number of carbonyl (C=O) groups excluding carboxylic acids is 2. The summed E-state index contributed by atoms with van der Waals surface area (Å²) in [4.78, 5) is 24.8. The fraction of sp³-hybridized carbons (Fsp3) is 0.300. The average molecular weight is 372 g/mol. The molecule has 0 aliphatic carbocycles. The van der Waals surface area contributed by atoms with Gasteiger partial charge in [-0.3, -0.25) is 4.79 Å². The summed E-state index contributed by atoms with van der Waals surface area (Å²) in [5.41, 5.74) is 1.53. The minimum absolute atomic E-state index is 0.228. The molecule has 0 heterocycles. The van der Waals surface area contributed by atoms with Crippen molar-refractivity contribution in [2.75, 3.05) is 25.7 Å². The monoisotopic (exact) mass is 372 g/mol. The summed E-state index contributed by atoms with van der Waals surface area (Å²) in [6.45, 7) is 2.35. The lowest BCUT2D eigenvalue weighted by Crippen LogP contribution is -2.26. The van der Waals surface area contributed by atoms with Gasteiger partial charge < -0.3 is 29.0 Å². The first-order valence-electron chi connectivity index (χ1n) is 8.47. The highest BCUT2D eigenvalue weighted by molar-refractivity contribution is 6.06. The lowest BCUT2D eigenvalue weighted by Gasteiger charge is -2.20. The van der Waals surface area contributed by atoms with Crippen LogP contribution in [0.2, 0.25) is 0 Å². The molecule has 0 saturated carbocycles. The third kappa shape index (κ3) is 5.37. The number of carbonyl (C=O) groups is 2. The molecule has 7 nitrogen and oxygen atoms in total. The highest BCUT2D eigenvalue weighted by atomic mass is 16.7. The van der Waals surface area contributed by atoms with E-state index in [9.17, 15) is 14.7 Å². The highest BCUT2D eigenvalue weighted by Gasteiger charge is 2.16. The molecule has 0 fully saturated rings. The van der Waals surface area contributed by atoms with Gasteiger partial charge in [0.1, 0.15) is 11.5 Å². The minimum Gasteiger partial charge on any atom is -0.545 e. The maximum absolute atomic E-state index is 12.8. The van der Waals surface area contributed by atoms with Gasteiger partial charge in [-0.25, -0.2) is 0 Å². The highest BCUT2D eigenvalue weighted by Crippen LogP contribution is 2.26. The number of ether oxygens (including phenoxy) is 3. The van der Waals surface area contributed by atoms with Crippen molar-refractivity contribution >= 4 is 17.7 Å². The fourth-order valence-corrected chi connectivity index (χ4v) is 2.47. The number of nitrogens with zero attached hydrogens (tertiary/aromatic N) is 1. The number of amides is 1. The van der Waals surface area contributed by atoms with E-state index in [1.807, 2.05) is 6.92 Å². The molecule has 0 unspecified atom stereocenters. The second kappa shape index (κ2) is 9.47. The van der Waals surface area contributed by atoms with Gasteiger partial charge in [-0.1, -0.05) is 13.0 Å². The summed E-state index contributed by atoms with van der Waals surface area (Å²) in [6, 6.07) is 12.0. The van der Waals surface area contributed by atoms with Crippen LogP contribution in [0.4, 0.5) is 10.5 Å². The molecule has 2 aromatic carbocycles. The molecule has 0 atom stereocenters. The van der Waals surface area contributed by atoms with Crippen LogP contribution in [0.25, 0.3) is 0 Å². The molecule has 1 amide bonds. The summed E-state index contributed by atoms with van der Waals surface area (Å²) >= 11 is 0. The molecule has 0 saturated heterocycles. The second-order valence-corrected chi connectivity index (χ2v) is 5.78. The topological polar surface area (TPSA) is 88.1 Å². The van der Waals surface area contributed by atoms with Gasteiger partial charge in [0, 0.05) is 23.9 Å². The maximum Gasteiger partial charge on any atom is 0.258 e. The predicted octanol–water partition coefficient (Wildman–Crippen LogP) is 2.62. The lowest BCUT2D eigenvalue weighted by molar-refractivity contribution is -0.284. The Bertz CT molecular complexity index is 805. The number of benzene rings is 2. The van der Waals surface area contributed by atoms with Gasteiger partial charge in [-0.15, -0.1) is 0 Å². The van der Waals surface area contributed by atoms with Gasteiger partial charge in [0.05, 0.1) is 20.3 Å². The Morgan fingerprint density at radius 1 is 1.15 bits per heavy atom. The van der Waals surface area contributed by atoms with Gasteiger partial charge in [0.2, 0.25) is 0 Å². The van der Waals surface area contributed by atoms with Crippen LogP contribution >= 0.6 is 0 Å². The first-order valence-corrected chi connectivity index (χ1v) is 8.47. The number of hydrogen-bond acceptors (Lipinski definition) is 6. The fourth-order valence-electron chi connectivity index (χ4n) is 2.47. The van der Waals surface area contributed by atoms with Crippen molar-refractivity contribution in [3.05, 3.63) is 53.6 Å². The van der Waals surface area contributed by atoms with E-state index < -0.39 is 6.16 Å². The van der Waals surface area contributed by atoms with E-state index in [1.165, 1.54) is 12.0 Å². The van der Waals surface area contributed by atoms with E-state index in [-0.39, 0.29) is 12.5 Å². The maximum atomic E-state index is 12.8. The molecule has 0 radical (unpaired) electrons. The lowest BCUT2D eigenvalue weighted by atomic mass is 10.1. The van der Waals surface area contributed by atoms with Crippen LogP contribution in [0.1, 0.15) is 29.3 Å². The summed E-state index contributed by atoms with van der Waals surface area (Å²) in [5, 5.41) is 10.5. The van der Waals surface area contributed by atoms with Crippen LogP contribution in [0, 0.1) is 0 Å². The summed E-state index contributed by atoms with van der Waals surface area (Å²) in [5.74, 6) is 0.860. The Labute approximate surface area is 158 Å². The number of anilines is 1. The molecule has 0 N–H and O–H groups in total. The van der Waals surface area contributed by atoms with Crippen LogP contribution < -0.4 is 19.5 Å². The normalized spacial score (nSPS) is 10.2. The first-order chi connectivity index (χ1) is 13.0. The van der Waals surface area contributed by atoms with Crippen LogP contribution in [-0.4, -0.2) is 32.8 Å². The Morgan fingerprint density at radius 3 is 2.59 bits per heavy atom. The van der Waals surface area contributed by atoms with Crippen LogP contribution in [-0.2, 0) is 11.3 Å². The van der Waals surface area contributed by atoms with Gasteiger partial charge in [-0.05, 0) is 42.8 Å². The molecule has 0 aliphatic heterocycles. The van der Waals surface area contributed by atoms with E-state index in [1.54, 1.807) is 49.5 Å². The first kappa shape index (κ1) is 20.1. The van der Waals surface area contributed by atoms with Crippen LogP contribution in [0.15, 0.2) is 42.5 Å². The SMILES string of the molecule is CCCOc1cccc(C(=O)N(C)c2ccc(OC)c(COC(=O)[O-])c2)c1. The standard InChI is InChI=1S/C20H23NO6/c1-4-10-26-17-7-5-6-14(12-17)19(22)21(2)16-8-9-18(25-3)15(11-16)13-27-20(23)24/h5-9,11-12H,4,10,13H2,1-3H3,(H,23,24)/p-1. The molecule has 2 aromatic rings. The van der Waals surface area contributed by atoms with Gasteiger partial charge in [0.15, 0.2) is 0 Å². The summed E-state index contributed by atoms with van der Waals surface area (Å²) in [6.07, 6.45) is -0.753. The van der Waals surface area contributed by atoms with E-state index in [4.69, 9.17) is 9.47 Å². The van der Waals surface area contributed by atoms with E-state index in [0.29, 0.717) is 34.9 Å². The quantitative estimate of drug-likeness (QED) is 0.662. The number of methoxy groups -OCH3 is 1. The Kier molecular flexibility index (Phi) is 7.05. The number of carboxylic acid groups (broad SMARTS) is 1. The molecule has 27 heavy (non-hydrogen) atoms. The van der Waals surface area contributed by atoms with Crippen molar-refractivity contribution in [2.45, 2.75) is 20.0 Å². The molecule has 0 aliphatic rings. The second-order valence-electron chi connectivity index (χ2n) is 5.78. The van der Waals surface area contributed by atoms with E-state index in [0.717, 1.165) is 6.42 Å². The Balaban J connectivity index is 2.23. The zero-order chi connectivity index (χ0) is 19.8. The average Bonchev–Trinajstić information content (AvgIpc) is 2.69. The zero-order valence-electron chi connectivity index (χ0n) is 15.6. The Hall–Kier alpha value is -3.22. The van der Waals surface area contributed by atoms with Crippen LogP contribution in [0.3, 0.4) is 0 Å². The van der Waals surface area contributed by atoms with Gasteiger partial charge in [-0.2, -0.15) is 0 Å². The van der Waals surface area contributed by atoms with Gasteiger partial charge >= 0.3 is 0 Å². The summed E-state index contributed by atoms with van der Waals surface area (Å²) in [7, 11) is 3.10. The Morgan fingerprint density at radius 2 is 1.93 bits per heavy atom. The van der Waals surface area contributed by atoms with Crippen molar-refractivity contribution in [1.82, 2.24) is 0 Å². The van der Waals surface area contributed by atoms with Crippen LogP contribution in [0.5, 0.6) is 11.5 Å². The van der Waals surface area contributed by atoms with Crippen molar-refractivity contribution < 1.29 is 28.9 Å². The molecular weight excluding hydrogens is 350 g/mol. The zero-order valence-corrected chi connectivity index (χ0v) is 15.6. The number of hydrogen-bond donors (Lipinski definition) is 0. The molecule has 0 aromatic heterocycles. The summed E-state index contributed by atoms with van der Waals surface area (Å²) < 4.78 is 15.3. The van der Waals surface area contributed by atoms with Crippen molar-refractivity contribution in [3.63, 3.8) is 0 Å². The molecule has 7 heteroatoms. The molecule has 0 bridgehead atoms. The van der Waals surface area contributed by atoms with Crippen molar-refractivity contribution in [2.24, 2.45) is 0 Å². The van der Waals surface area contributed by atoms with Crippen molar-refractivity contribution in [3.8, 4) is 11.5 Å². The van der Waals surface area contributed by atoms with Gasteiger partial charge in [0.25, 0.3) is 12.1 Å².